The maximum Gasteiger partial charge on any atom is 0.267 e. The van der Waals surface area contributed by atoms with E-state index < -0.39 is 0 Å². The summed E-state index contributed by atoms with van der Waals surface area (Å²) >= 11 is 1.26. The lowest BCUT2D eigenvalue weighted by Gasteiger charge is -2.23. The van der Waals surface area contributed by atoms with E-state index in [4.69, 9.17) is 4.74 Å². The molecular formula is C27H32N8O3S. The van der Waals surface area contributed by atoms with Gasteiger partial charge in [-0.15, -0.1) is 0 Å². The summed E-state index contributed by atoms with van der Waals surface area (Å²) in [6, 6.07) is 5.82. The number of hydrogen-bond donors (Lipinski definition) is 2. The monoisotopic (exact) mass is 548 g/mol. The normalized spacial score (nSPS) is 17.6. The number of ether oxygens (including phenoxy) is 1. The summed E-state index contributed by atoms with van der Waals surface area (Å²) in [4.78, 5) is 32.7. The van der Waals surface area contributed by atoms with Crippen molar-refractivity contribution in [2.24, 2.45) is 0 Å². The number of aromatic nitrogens is 5. The Morgan fingerprint density at radius 3 is 2.77 bits per heavy atom. The molecule has 1 aromatic carbocycles. The van der Waals surface area contributed by atoms with Gasteiger partial charge in [-0.05, 0) is 57.6 Å². The molecule has 0 spiro atoms. The first-order chi connectivity index (χ1) is 19.0. The van der Waals surface area contributed by atoms with Crippen LogP contribution in [0.25, 0.3) is 10.9 Å². The number of carbonyl (C=O) groups is 2. The minimum absolute atomic E-state index is 0.0772. The number of rotatable bonds is 7. The highest BCUT2D eigenvalue weighted by atomic mass is 32.1. The van der Waals surface area contributed by atoms with Crippen molar-refractivity contribution >= 4 is 50.7 Å². The molecule has 5 heterocycles. The van der Waals surface area contributed by atoms with Crippen LogP contribution in [0.1, 0.15) is 59.3 Å². The summed E-state index contributed by atoms with van der Waals surface area (Å²) in [5.41, 5.74) is 3.25. The lowest BCUT2D eigenvalue weighted by atomic mass is 10.1. The fourth-order valence-corrected chi connectivity index (χ4v) is 6.07. The van der Waals surface area contributed by atoms with Crippen LogP contribution in [-0.4, -0.2) is 61.0 Å². The maximum absolute atomic E-state index is 13.4. The van der Waals surface area contributed by atoms with Crippen molar-refractivity contribution in [3.05, 3.63) is 46.7 Å². The summed E-state index contributed by atoms with van der Waals surface area (Å²) in [7, 11) is 0. The number of hydrogen-bond acceptors (Lipinski definition) is 8. The van der Waals surface area contributed by atoms with Crippen molar-refractivity contribution in [2.75, 3.05) is 30.3 Å². The Balaban J connectivity index is 1.16. The Morgan fingerprint density at radius 1 is 1.13 bits per heavy atom. The summed E-state index contributed by atoms with van der Waals surface area (Å²) in [5.74, 6) is 0.424. The smallest absolute Gasteiger partial charge is 0.267 e. The predicted octanol–water partition coefficient (Wildman–Crippen LogP) is 4.62. The van der Waals surface area contributed by atoms with E-state index in [0.717, 1.165) is 74.0 Å². The van der Waals surface area contributed by atoms with E-state index in [2.05, 4.69) is 25.8 Å². The second kappa shape index (κ2) is 10.8. The molecule has 2 amide bonds. The maximum atomic E-state index is 13.4. The van der Waals surface area contributed by atoms with Gasteiger partial charge in [-0.3, -0.25) is 14.3 Å². The molecule has 11 nitrogen and oxygen atoms in total. The van der Waals surface area contributed by atoms with E-state index in [1.54, 1.807) is 23.1 Å². The summed E-state index contributed by atoms with van der Waals surface area (Å²) in [6.45, 7) is 6.37. The van der Waals surface area contributed by atoms with Crippen LogP contribution in [0.4, 0.5) is 16.6 Å². The van der Waals surface area contributed by atoms with E-state index >= 15 is 0 Å². The Labute approximate surface area is 230 Å². The summed E-state index contributed by atoms with van der Waals surface area (Å²) < 4.78 is 9.48. The molecule has 0 radical (unpaired) electrons. The Morgan fingerprint density at radius 2 is 1.97 bits per heavy atom. The van der Waals surface area contributed by atoms with E-state index in [-0.39, 0.29) is 24.6 Å². The van der Waals surface area contributed by atoms with E-state index in [0.29, 0.717) is 21.5 Å². The molecule has 0 bridgehead atoms. The van der Waals surface area contributed by atoms with Gasteiger partial charge in [-0.25, -0.2) is 9.67 Å². The minimum Gasteiger partial charge on any atom is -0.356 e. The van der Waals surface area contributed by atoms with Gasteiger partial charge in [0.05, 0.1) is 23.1 Å². The van der Waals surface area contributed by atoms with Crippen LogP contribution in [0.3, 0.4) is 0 Å². The molecule has 2 fully saturated rings. The topological polar surface area (TPSA) is 119 Å². The van der Waals surface area contributed by atoms with Crippen LogP contribution in [0, 0.1) is 13.8 Å². The lowest BCUT2D eigenvalue weighted by molar-refractivity contribution is -0.130. The SMILES string of the molecule is Cc1ccc2c(cnn2C2CCCCO2)c1NC(=O)c1sc(Nc2ccn(CC(=O)N3CCCC3)n2)nc1C. The molecule has 2 N–H and O–H groups in total. The van der Waals surface area contributed by atoms with E-state index in [1.807, 2.05) is 35.6 Å². The molecule has 4 aromatic rings. The van der Waals surface area contributed by atoms with Gasteiger partial charge in [-0.1, -0.05) is 17.4 Å². The highest BCUT2D eigenvalue weighted by Crippen LogP contribution is 2.33. The quantitative estimate of drug-likeness (QED) is 0.346. The standard InChI is InChI=1S/C27H32N8O3S/c1-17-8-9-20-19(15-28-35(20)23-7-3-6-14-38-23)24(17)31-26(37)25-18(2)29-27(39-25)30-21-10-13-34(32-21)16-22(36)33-11-4-5-12-33/h8-10,13,15,23H,3-7,11-12,14,16H2,1-2H3,(H,31,37)(H,29,30,32). The van der Waals surface area contributed by atoms with Crippen LogP contribution < -0.4 is 10.6 Å². The third-order valence-electron chi connectivity index (χ3n) is 7.29. The van der Waals surface area contributed by atoms with Crippen LogP contribution in [0.5, 0.6) is 0 Å². The zero-order chi connectivity index (χ0) is 26.9. The molecule has 12 heteroatoms. The minimum atomic E-state index is -0.225. The zero-order valence-electron chi connectivity index (χ0n) is 22.1. The highest BCUT2D eigenvalue weighted by Gasteiger charge is 2.23. The summed E-state index contributed by atoms with van der Waals surface area (Å²) in [6.07, 6.45) is 8.72. The van der Waals surface area contributed by atoms with Crippen molar-refractivity contribution < 1.29 is 14.3 Å². The number of amides is 2. The molecule has 0 aliphatic carbocycles. The lowest BCUT2D eigenvalue weighted by Crippen LogP contribution is -2.31. The average molecular weight is 549 g/mol. The van der Waals surface area contributed by atoms with Gasteiger partial charge in [0, 0.05) is 37.3 Å². The van der Waals surface area contributed by atoms with Gasteiger partial charge in [-0.2, -0.15) is 10.2 Å². The number of carbonyl (C=O) groups excluding carboxylic acids is 2. The molecule has 39 heavy (non-hydrogen) atoms. The fraction of sp³-hybridized carbons (Fsp3) is 0.444. The van der Waals surface area contributed by atoms with E-state index in [9.17, 15) is 9.59 Å². The number of fused-ring (bicyclic) bond motifs is 1. The second-order valence-corrected chi connectivity index (χ2v) is 11.1. The van der Waals surface area contributed by atoms with Crippen molar-refractivity contribution in [1.29, 1.82) is 0 Å². The third-order valence-corrected chi connectivity index (χ3v) is 8.36. The number of anilines is 3. The van der Waals surface area contributed by atoms with Crippen molar-refractivity contribution in [2.45, 2.75) is 58.7 Å². The van der Waals surface area contributed by atoms with E-state index in [1.165, 1.54) is 11.3 Å². The largest absolute Gasteiger partial charge is 0.356 e. The molecule has 2 aliphatic heterocycles. The molecule has 6 rings (SSSR count). The number of benzene rings is 1. The Kier molecular flexibility index (Phi) is 7.05. The van der Waals surface area contributed by atoms with Gasteiger partial charge in [0.1, 0.15) is 11.4 Å². The molecule has 204 valence electrons. The van der Waals surface area contributed by atoms with Gasteiger partial charge in [0.2, 0.25) is 5.91 Å². The van der Waals surface area contributed by atoms with Gasteiger partial charge in [0.25, 0.3) is 5.91 Å². The van der Waals surface area contributed by atoms with Crippen LogP contribution in [0.2, 0.25) is 0 Å². The Hall–Kier alpha value is -3.77. The van der Waals surface area contributed by atoms with Gasteiger partial charge in [0.15, 0.2) is 17.2 Å². The van der Waals surface area contributed by atoms with Crippen LogP contribution in [0.15, 0.2) is 30.6 Å². The molecule has 1 unspecified atom stereocenters. The first-order valence-electron chi connectivity index (χ1n) is 13.4. The van der Waals surface area contributed by atoms with Crippen molar-refractivity contribution in [3.8, 4) is 0 Å². The molecular weight excluding hydrogens is 516 g/mol. The van der Waals surface area contributed by atoms with Crippen molar-refractivity contribution in [3.63, 3.8) is 0 Å². The molecule has 2 aliphatic rings. The number of aryl methyl sites for hydroxylation is 2. The number of thiazole rings is 1. The van der Waals surface area contributed by atoms with Crippen LogP contribution in [-0.2, 0) is 16.1 Å². The predicted molar refractivity (Wildman–Crippen MR) is 149 cm³/mol. The molecule has 1 atom stereocenters. The number of nitrogens with one attached hydrogen (secondary N) is 2. The average Bonchev–Trinajstić information content (AvgIpc) is 3.74. The zero-order valence-corrected chi connectivity index (χ0v) is 23.0. The number of nitrogens with zero attached hydrogens (tertiary/aromatic N) is 6. The molecule has 3 aromatic heterocycles. The second-order valence-electron chi connectivity index (χ2n) is 10.1. The molecule has 0 saturated carbocycles. The van der Waals surface area contributed by atoms with Gasteiger partial charge < -0.3 is 20.3 Å². The Bertz CT molecular complexity index is 1510. The highest BCUT2D eigenvalue weighted by molar-refractivity contribution is 7.17. The first kappa shape index (κ1) is 25.5. The van der Waals surface area contributed by atoms with Crippen LogP contribution >= 0.6 is 11.3 Å². The number of likely N-dealkylation sites (tertiary alicyclic amines) is 1. The fourth-order valence-electron chi connectivity index (χ4n) is 5.20. The summed E-state index contributed by atoms with van der Waals surface area (Å²) in [5, 5.41) is 16.8. The first-order valence-corrected chi connectivity index (χ1v) is 14.2. The van der Waals surface area contributed by atoms with Gasteiger partial charge >= 0.3 is 0 Å². The molecule has 2 saturated heterocycles. The van der Waals surface area contributed by atoms with Crippen molar-refractivity contribution in [1.82, 2.24) is 29.4 Å². The third kappa shape index (κ3) is 5.26.